The van der Waals surface area contributed by atoms with Crippen LogP contribution in [0.4, 0.5) is 0 Å². The third-order valence-corrected chi connectivity index (χ3v) is 16.7. The first-order chi connectivity index (χ1) is 21.9. The number of aryl methyl sites for hydroxylation is 1. The SMILES string of the molecule is COCC(COS(=O)(=O)c1ccccc1C)c1cc(-c2cc3c(s2)C(C)(C)CCC3(C)C)sc1-c1cc2c(s1)C(C)(C)CCC2(C)C. The van der Waals surface area contributed by atoms with Gasteiger partial charge in [-0.05, 0) is 101 Å². The molecule has 47 heavy (non-hydrogen) atoms. The van der Waals surface area contributed by atoms with E-state index in [4.69, 9.17) is 8.92 Å². The van der Waals surface area contributed by atoms with E-state index >= 15 is 0 Å². The van der Waals surface area contributed by atoms with E-state index in [0.717, 1.165) is 12.0 Å². The van der Waals surface area contributed by atoms with E-state index in [9.17, 15) is 8.42 Å². The molecule has 0 aliphatic heterocycles. The topological polar surface area (TPSA) is 52.6 Å². The number of methoxy groups -OCH3 is 1. The van der Waals surface area contributed by atoms with Crippen molar-refractivity contribution in [2.24, 2.45) is 0 Å². The monoisotopic (exact) mass is 710 g/mol. The Morgan fingerprint density at radius 3 is 1.77 bits per heavy atom. The van der Waals surface area contributed by atoms with Gasteiger partial charge in [0.2, 0.25) is 0 Å². The maximum absolute atomic E-state index is 13.4. The molecule has 0 spiro atoms. The van der Waals surface area contributed by atoms with Gasteiger partial charge in [0.1, 0.15) is 0 Å². The Balaban J connectivity index is 1.48. The number of fused-ring (bicyclic) bond motifs is 2. The molecule has 4 aromatic rings. The van der Waals surface area contributed by atoms with Crippen molar-refractivity contribution in [1.29, 1.82) is 0 Å². The molecule has 0 amide bonds. The van der Waals surface area contributed by atoms with Crippen LogP contribution in [0.2, 0.25) is 0 Å². The molecule has 3 aromatic heterocycles. The minimum absolute atomic E-state index is 0.0107. The Bertz CT molecular complexity index is 1830. The summed E-state index contributed by atoms with van der Waals surface area (Å²) in [5, 5.41) is 0. The first kappa shape index (κ1) is 35.0. The van der Waals surface area contributed by atoms with Crippen LogP contribution in [0.3, 0.4) is 0 Å². The van der Waals surface area contributed by atoms with Gasteiger partial charge in [-0.2, -0.15) is 8.42 Å². The normalized spacial score (nSPS) is 20.0. The molecule has 1 atom stereocenters. The highest BCUT2D eigenvalue weighted by Gasteiger charge is 2.41. The average Bonchev–Trinajstić information content (AvgIpc) is 3.74. The van der Waals surface area contributed by atoms with Gasteiger partial charge in [-0.3, -0.25) is 4.18 Å². The van der Waals surface area contributed by atoms with Gasteiger partial charge in [0.05, 0.1) is 18.1 Å². The summed E-state index contributed by atoms with van der Waals surface area (Å²) < 4.78 is 38.5. The van der Waals surface area contributed by atoms with E-state index in [1.807, 2.05) is 40.1 Å². The number of hydrogen-bond donors (Lipinski definition) is 0. The molecule has 0 N–H and O–H groups in total. The van der Waals surface area contributed by atoms with Crippen LogP contribution in [0, 0.1) is 6.92 Å². The van der Waals surface area contributed by atoms with Crippen LogP contribution >= 0.6 is 34.0 Å². The first-order valence-electron chi connectivity index (χ1n) is 16.7. The third kappa shape index (κ3) is 6.48. The van der Waals surface area contributed by atoms with Crippen molar-refractivity contribution in [2.75, 3.05) is 20.3 Å². The van der Waals surface area contributed by atoms with Crippen molar-refractivity contribution in [3.05, 3.63) is 74.5 Å². The van der Waals surface area contributed by atoms with Crippen LogP contribution in [0.15, 0.2) is 47.4 Å². The highest BCUT2D eigenvalue weighted by Crippen LogP contribution is 2.56. The fourth-order valence-corrected chi connectivity index (χ4v) is 12.9. The molecule has 4 nitrogen and oxygen atoms in total. The molecule has 1 unspecified atom stereocenters. The lowest BCUT2D eigenvalue weighted by Crippen LogP contribution is -2.31. The summed E-state index contributed by atoms with van der Waals surface area (Å²) in [7, 11) is -2.26. The summed E-state index contributed by atoms with van der Waals surface area (Å²) in [5.41, 5.74) is 5.23. The zero-order chi connectivity index (χ0) is 34.2. The van der Waals surface area contributed by atoms with Crippen LogP contribution in [0.25, 0.3) is 19.5 Å². The third-order valence-electron chi connectivity index (χ3n) is 10.7. The second kappa shape index (κ2) is 12.2. The minimum Gasteiger partial charge on any atom is -0.384 e. The minimum atomic E-state index is -3.94. The number of hydrogen-bond acceptors (Lipinski definition) is 7. The van der Waals surface area contributed by atoms with E-state index < -0.39 is 10.1 Å². The molecule has 3 heterocycles. The van der Waals surface area contributed by atoms with Crippen LogP contribution in [-0.2, 0) is 40.7 Å². The smallest absolute Gasteiger partial charge is 0.297 e. The van der Waals surface area contributed by atoms with Gasteiger partial charge in [-0.25, -0.2) is 0 Å². The molecule has 2 aliphatic rings. The standard InChI is InChI=1S/C39H50O4S4/c1-24-13-11-12-14-32(24)47(40,41)43-23-25(22-42-10)26-19-29(30-20-27-34(45-30)38(6,7)17-15-36(27,2)3)44-33(26)31-21-28-35(46-31)39(8,9)18-16-37(28,4)5/h11-14,19-21,25H,15-18,22-23H2,1-10H3. The second-order valence-corrected chi connectivity index (χ2v) is 21.0. The maximum Gasteiger partial charge on any atom is 0.297 e. The van der Waals surface area contributed by atoms with E-state index in [1.54, 1.807) is 32.2 Å². The van der Waals surface area contributed by atoms with Crippen LogP contribution in [0.1, 0.15) is 119 Å². The summed E-state index contributed by atoms with van der Waals surface area (Å²) in [5.74, 6) is -0.263. The average molecular weight is 711 g/mol. The Labute approximate surface area is 294 Å². The zero-order valence-corrected chi connectivity index (χ0v) is 32.9. The maximum atomic E-state index is 13.4. The largest absolute Gasteiger partial charge is 0.384 e. The summed E-state index contributed by atoms with van der Waals surface area (Å²) in [6.07, 6.45) is 4.69. The van der Waals surface area contributed by atoms with Gasteiger partial charge in [0.25, 0.3) is 10.1 Å². The lowest BCUT2D eigenvalue weighted by Gasteiger charge is -2.39. The van der Waals surface area contributed by atoms with Crippen molar-refractivity contribution < 1.29 is 17.3 Å². The molecule has 0 saturated carbocycles. The molecule has 6 rings (SSSR count). The van der Waals surface area contributed by atoms with E-state index in [-0.39, 0.29) is 39.1 Å². The van der Waals surface area contributed by atoms with Crippen LogP contribution < -0.4 is 0 Å². The van der Waals surface area contributed by atoms with Gasteiger partial charge in [-0.15, -0.1) is 34.0 Å². The number of thiophene rings is 3. The predicted octanol–water partition coefficient (Wildman–Crippen LogP) is 11.3. The lowest BCUT2D eigenvalue weighted by molar-refractivity contribution is 0.153. The lowest BCUT2D eigenvalue weighted by atomic mass is 9.67. The molecular weight excluding hydrogens is 661 g/mol. The highest BCUT2D eigenvalue weighted by atomic mass is 32.2. The zero-order valence-electron chi connectivity index (χ0n) is 29.6. The number of rotatable bonds is 9. The second-order valence-electron chi connectivity index (χ2n) is 16.3. The predicted molar refractivity (Wildman–Crippen MR) is 200 cm³/mol. The van der Waals surface area contributed by atoms with Crippen molar-refractivity contribution in [2.45, 2.75) is 120 Å². The number of benzene rings is 1. The quantitative estimate of drug-likeness (QED) is 0.162. The Morgan fingerprint density at radius 1 is 0.702 bits per heavy atom. The molecule has 0 radical (unpaired) electrons. The van der Waals surface area contributed by atoms with Crippen molar-refractivity contribution in [3.63, 3.8) is 0 Å². The van der Waals surface area contributed by atoms with Gasteiger partial charge < -0.3 is 4.74 Å². The van der Waals surface area contributed by atoms with Crippen molar-refractivity contribution in [1.82, 2.24) is 0 Å². The van der Waals surface area contributed by atoms with E-state index in [0.29, 0.717) is 12.2 Å². The summed E-state index contributed by atoms with van der Waals surface area (Å²) in [6.45, 7) is 21.2. The molecular formula is C39H50O4S4. The summed E-state index contributed by atoms with van der Waals surface area (Å²) in [6, 6.07) is 14.2. The van der Waals surface area contributed by atoms with Crippen molar-refractivity contribution in [3.8, 4) is 19.5 Å². The van der Waals surface area contributed by atoms with Crippen LogP contribution in [-0.4, -0.2) is 28.7 Å². The fraction of sp³-hybridized carbons (Fsp3) is 0.538. The van der Waals surface area contributed by atoms with Gasteiger partial charge >= 0.3 is 0 Å². The van der Waals surface area contributed by atoms with Gasteiger partial charge in [-0.1, -0.05) is 73.6 Å². The summed E-state index contributed by atoms with van der Waals surface area (Å²) in [4.78, 5) is 8.17. The molecule has 1 aromatic carbocycles. The van der Waals surface area contributed by atoms with Gasteiger partial charge in [0.15, 0.2) is 0 Å². The molecule has 254 valence electrons. The molecule has 0 fully saturated rings. The first-order valence-corrected chi connectivity index (χ1v) is 20.6. The van der Waals surface area contributed by atoms with Crippen LogP contribution in [0.5, 0.6) is 0 Å². The number of ether oxygens (including phenoxy) is 1. The molecule has 0 bridgehead atoms. The van der Waals surface area contributed by atoms with Crippen molar-refractivity contribution >= 4 is 44.1 Å². The Morgan fingerprint density at radius 2 is 1.21 bits per heavy atom. The van der Waals surface area contributed by atoms with E-state index in [2.05, 4.69) is 73.6 Å². The van der Waals surface area contributed by atoms with Gasteiger partial charge in [0, 0.05) is 42.3 Å². The summed E-state index contributed by atoms with van der Waals surface area (Å²) >= 11 is 5.70. The Kier molecular flexibility index (Phi) is 9.10. The fourth-order valence-electron chi connectivity index (χ4n) is 7.30. The highest BCUT2D eigenvalue weighted by molar-refractivity contribution is 7.86. The van der Waals surface area contributed by atoms with E-state index in [1.165, 1.54) is 59.7 Å². The molecule has 0 saturated heterocycles. The molecule has 2 aliphatic carbocycles. The molecule has 8 heteroatoms. The Hall–Kier alpha value is -1.81.